The Balaban J connectivity index is 2.37. The Morgan fingerprint density at radius 2 is 2.43 bits per heavy atom. The van der Waals surface area contributed by atoms with Gasteiger partial charge in [0.05, 0.1) is 12.7 Å². The van der Waals surface area contributed by atoms with Crippen LogP contribution in [-0.2, 0) is 14.3 Å². The number of esters is 1. The van der Waals surface area contributed by atoms with Crippen LogP contribution in [0.4, 0.5) is 0 Å². The largest absolute Gasteiger partial charge is 0.458 e. The Kier molecular flexibility index (Phi) is 4.40. The average Bonchev–Trinajstić information content (AvgIpc) is 2.99. The first-order valence-electron chi connectivity index (χ1n) is 4.86. The van der Waals surface area contributed by atoms with Crippen molar-refractivity contribution in [1.82, 2.24) is 0 Å². The minimum atomic E-state index is -0.243. The highest BCUT2D eigenvalue weighted by Gasteiger charge is 2.21. The molecule has 0 aromatic heterocycles. The van der Waals surface area contributed by atoms with Gasteiger partial charge in [-0.3, -0.25) is 0 Å². The van der Waals surface area contributed by atoms with Gasteiger partial charge < -0.3 is 9.47 Å². The minimum Gasteiger partial charge on any atom is -0.458 e. The van der Waals surface area contributed by atoms with Crippen molar-refractivity contribution >= 4 is 5.97 Å². The van der Waals surface area contributed by atoms with Crippen LogP contribution in [-0.4, -0.2) is 25.3 Å². The number of ether oxygens (including phenoxy) is 2. The third-order valence-electron chi connectivity index (χ3n) is 2.00. The molecule has 0 aliphatic carbocycles. The second-order valence-electron chi connectivity index (χ2n) is 3.16. The van der Waals surface area contributed by atoms with E-state index in [9.17, 15) is 4.79 Å². The van der Waals surface area contributed by atoms with Crippen LogP contribution in [0.3, 0.4) is 0 Å². The Morgan fingerprint density at radius 3 is 2.93 bits per heavy atom. The lowest BCUT2D eigenvalue weighted by Gasteiger charge is -2.03. The van der Waals surface area contributed by atoms with Crippen molar-refractivity contribution < 1.29 is 14.3 Å². The fourth-order valence-electron chi connectivity index (χ4n) is 1.08. The third-order valence-corrected chi connectivity index (χ3v) is 2.00. The molecule has 14 heavy (non-hydrogen) atoms. The molecule has 0 spiro atoms. The Hall–Kier alpha value is -1.09. The summed E-state index contributed by atoms with van der Waals surface area (Å²) in [6.07, 6.45) is 5.30. The van der Waals surface area contributed by atoms with Crippen LogP contribution in [0.25, 0.3) is 0 Å². The van der Waals surface area contributed by atoms with Crippen LogP contribution < -0.4 is 0 Å². The van der Waals surface area contributed by atoms with Gasteiger partial charge in [0.15, 0.2) is 0 Å². The van der Waals surface area contributed by atoms with E-state index < -0.39 is 0 Å². The summed E-state index contributed by atoms with van der Waals surface area (Å²) in [5.41, 5.74) is 0.724. The molecule has 0 radical (unpaired) electrons. The van der Waals surface area contributed by atoms with Crippen LogP contribution in [0.5, 0.6) is 0 Å². The quantitative estimate of drug-likeness (QED) is 0.281. The van der Waals surface area contributed by atoms with Gasteiger partial charge in [-0.2, -0.15) is 0 Å². The number of hydrogen-bond acceptors (Lipinski definition) is 3. The van der Waals surface area contributed by atoms with Crippen molar-refractivity contribution in [1.29, 1.82) is 0 Å². The molecule has 0 aromatic rings. The molecule has 0 bridgehead atoms. The van der Waals surface area contributed by atoms with Crippen molar-refractivity contribution in [3.63, 3.8) is 0 Å². The average molecular weight is 196 g/mol. The topological polar surface area (TPSA) is 38.8 Å². The van der Waals surface area contributed by atoms with Crippen LogP contribution in [0.1, 0.15) is 19.8 Å². The summed E-state index contributed by atoms with van der Waals surface area (Å²) in [4.78, 5) is 11.4. The maximum absolute atomic E-state index is 11.4. The van der Waals surface area contributed by atoms with Crippen molar-refractivity contribution in [2.75, 3.05) is 13.2 Å². The number of epoxide rings is 1. The third kappa shape index (κ3) is 3.75. The molecule has 0 aromatic carbocycles. The number of carbonyl (C=O) groups excluding carboxylic acids is 1. The van der Waals surface area contributed by atoms with Gasteiger partial charge in [0, 0.05) is 5.57 Å². The molecule has 1 unspecified atom stereocenters. The van der Waals surface area contributed by atoms with E-state index in [0.717, 1.165) is 18.6 Å². The lowest BCUT2D eigenvalue weighted by Crippen LogP contribution is -2.07. The summed E-state index contributed by atoms with van der Waals surface area (Å²) in [6, 6.07) is 0. The van der Waals surface area contributed by atoms with E-state index in [1.165, 1.54) is 0 Å². The number of hydrogen-bond donors (Lipinski definition) is 0. The standard InChI is InChI=1S/C11H16O3/c1-3-7-13-11(12)9(4-2)5-6-10-8-14-10/h3,5,10H,1,4,6-8H2,2H3. The second kappa shape index (κ2) is 5.60. The molecule has 1 saturated heterocycles. The molecule has 1 atom stereocenters. The molecule has 3 nitrogen and oxygen atoms in total. The zero-order valence-corrected chi connectivity index (χ0v) is 8.49. The van der Waals surface area contributed by atoms with Gasteiger partial charge in [-0.15, -0.1) is 0 Å². The van der Waals surface area contributed by atoms with Gasteiger partial charge in [0.1, 0.15) is 6.61 Å². The van der Waals surface area contributed by atoms with Crippen LogP contribution in [0.2, 0.25) is 0 Å². The van der Waals surface area contributed by atoms with E-state index in [0.29, 0.717) is 12.5 Å². The SMILES string of the molecule is C=CCOC(=O)C(=CCC1CO1)CC. The number of carbonyl (C=O) groups is 1. The predicted octanol–water partition coefficient (Wildman–Crippen LogP) is 1.84. The summed E-state index contributed by atoms with van der Waals surface area (Å²) in [5.74, 6) is -0.243. The predicted molar refractivity (Wildman–Crippen MR) is 53.9 cm³/mol. The lowest BCUT2D eigenvalue weighted by molar-refractivity contribution is -0.137. The van der Waals surface area contributed by atoms with Gasteiger partial charge in [0.2, 0.25) is 0 Å². The Bertz CT molecular complexity index is 239. The lowest BCUT2D eigenvalue weighted by atomic mass is 10.1. The molecule has 3 heteroatoms. The fourth-order valence-corrected chi connectivity index (χ4v) is 1.08. The van der Waals surface area contributed by atoms with Gasteiger partial charge in [0.25, 0.3) is 0 Å². The van der Waals surface area contributed by atoms with E-state index in [1.54, 1.807) is 6.08 Å². The first-order valence-corrected chi connectivity index (χ1v) is 4.86. The fraction of sp³-hybridized carbons (Fsp3) is 0.545. The molecular weight excluding hydrogens is 180 g/mol. The van der Waals surface area contributed by atoms with Gasteiger partial charge >= 0.3 is 5.97 Å². The maximum atomic E-state index is 11.4. The normalized spacial score (nSPS) is 20.4. The van der Waals surface area contributed by atoms with Gasteiger partial charge in [-0.25, -0.2) is 4.79 Å². The summed E-state index contributed by atoms with van der Waals surface area (Å²) < 4.78 is 9.98. The summed E-state index contributed by atoms with van der Waals surface area (Å²) >= 11 is 0. The zero-order chi connectivity index (χ0) is 10.4. The monoisotopic (exact) mass is 196 g/mol. The minimum absolute atomic E-state index is 0.243. The first-order chi connectivity index (χ1) is 6.77. The summed E-state index contributed by atoms with van der Waals surface area (Å²) in [7, 11) is 0. The van der Waals surface area contributed by atoms with E-state index in [2.05, 4.69) is 6.58 Å². The van der Waals surface area contributed by atoms with E-state index in [1.807, 2.05) is 13.0 Å². The molecule has 0 saturated carbocycles. The first kappa shape index (κ1) is 11.0. The van der Waals surface area contributed by atoms with Gasteiger partial charge in [-0.1, -0.05) is 25.7 Å². The molecule has 1 rings (SSSR count). The van der Waals surface area contributed by atoms with Crippen LogP contribution in [0.15, 0.2) is 24.3 Å². The van der Waals surface area contributed by atoms with Crippen molar-refractivity contribution in [2.45, 2.75) is 25.9 Å². The highest BCUT2D eigenvalue weighted by Crippen LogP contribution is 2.16. The molecule has 78 valence electrons. The smallest absolute Gasteiger partial charge is 0.333 e. The number of rotatable bonds is 6. The van der Waals surface area contributed by atoms with Crippen molar-refractivity contribution in [2.24, 2.45) is 0 Å². The highest BCUT2D eigenvalue weighted by atomic mass is 16.6. The molecule has 0 amide bonds. The molecular formula is C11H16O3. The van der Waals surface area contributed by atoms with E-state index in [-0.39, 0.29) is 12.6 Å². The molecule has 0 N–H and O–H groups in total. The van der Waals surface area contributed by atoms with Gasteiger partial charge in [-0.05, 0) is 12.8 Å². The molecule has 1 fully saturated rings. The van der Waals surface area contributed by atoms with E-state index >= 15 is 0 Å². The maximum Gasteiger partial charge on any atom is 0.333 e. The van der Waals surface area contributed by atoms with Crippen LogP contribution >= 0.6 is 0 Å². The zero-order valence-electron chi connectivity index (χ0n) is 8.49. The molecule has 1 heterocycles. The summed E-state index contributed by atoms with van der Waals surface area (Å²) in [6.45, 7) is 6.51. The molecule has 1 aliphatic rings. The molecule has 1 aliphatic heterocycles. The van der Waals surface area contributed by atoms with E-state index in [4.69, 9.17) is 9.47 Å². The highest BCUT2D eigenvalue weighted by molar-refractivity contribution is 5.88. The van der Waals surface area contributed by atoms with Crippen molar-refractivity contribution in [3.05, 3.63) is 24.3 Å². The summed E-state index contributed by atoms with van der Waals surface area (Å²) in [5, 5.41) is 0. The Morgan fingerprint density at radius 1 is 1.71 bits per heavy atom. The second-order valence-corrected chi connectivity index (χ2v) is 3.16. The van der Waals surface area contributed by atoms with Crippen LogP contribution in [0, 0.1) is 0 Å². The Labute approximate surface area is 84.4 Å². The van der Waals surface area contributed by atoms with Crippen molar-refractivity contribution in [3.8, 4) is 0 Å².